The van der Waals surface area contributed by atoms with Crippen molar-refractivity contribution in [3.05, 3.63) is 24.3 Å². The molecule has 0 aromatic heterocycles. The number of anilines is 1. The summed E-state index contributed by atoms with van der Waals surface area (Å²) in [6.07, 6.45) is 0.205. The summed E-state index contributed by atoms with van der Waals surface area (Å²) in [6.45, 7) is -0.495. The maximum Gasteiger partial charge on any atom is 0.307 e. The molecule has 26 heavy (non-hydrogen) atoms. The lowest BCUT2D eigenvalue weighted by Gasteiger charge is -2.23. The normalized spacial score (nSPS) is 23.6. The van der Waals surface area contributed by atoms with Gasteiger partial charge in [-0.15, -0.1) is 11.8 Å². The van der Waals surface area contributed by atoms with Crippen molar-refractivity contribution in [2.24, 2.45) is 0 Å². The molecule has 0 aliphatic carbocycles. The van der Waals surface area contributed by atoms with Gasteiger partial charge in [-0.2, -0.15) is 0 Å². The number of sulfone groups is 1. The zero-order valence-electron chi connectivity index (χ0n) is 13.8. The molecular formula is C16H18N2O6S2. The molecule has 8 nitrogen and oxygen atoms in total. The molecule has 0 bridgehead atoms. The molecule has 3 rings (SSSR count). The van der Waals surface area contributed by atoms with Crippen LogP contribution in [0.15, 0.2) is 29.2 Å². The number of ether oxygens (including phenoxy) is 1. The van der Waals surface area contributed by atoms with Gasteiger partial charge in [0.05, 0.1) is 28.9 Å². The fourth-order valence-electron chi connectivity index (χ4n) is 2.76. The molecule has 10 heteroatoms. The van der Waals surface area contributed by atoms with E-state index in [1.165, 1.54) is 11.8 Å². The summed E-state index contributed by atoms with van der Waals surface area (Å²) in [5, 5.41) is 4.64. The topological polar surface area (TPSA) is 119 Å². The predicted octanol–water partition coefficient (Wildman–Crippen LogP) is 0.336. The zero-order valence-corrected chi connectivity index (χ0v) is 15.4. The Bertz CT molecular complexity index is 839. The summed E-state index contributed by atoms with van der Waals surface area (Å²) in [7, 11) is -3.09. The second-order valence-corrected chi connectivity index (χ2v) is 9.60. The fourth-order valence-corrected chi connectivity index (χ4v) is 5.53. The summed E-state index contributed by atoms with van der Waals surface area (Å²) in [6, 6.07) is 6.83. The highest BCUT2D eigenvalue weighted by Crippen LogP contribution is 2.36. The number of thioether (sulfide) groups is 1. The molecule has 1 fully saturated rings. The van der Waals surface area contributed by atoms with Gasteiger partial charge in [-0.1, -0.05) is 12.1 Å². The molecule has 140 valence electrons. The van der Waals surface area contributed by atoms with Crippen LogP contribution in [0.1, 0.15) is 12.8 Å². The maximum absolute atomic E-state index is 12.0. The van der Waals surface area contributed by atoms with Gasteiger partial charge >= 0.3 is 5.97 Å². The molecule has 1 aromatic carbocycles. The highest BCUT2D eigenvalue weighted by molar-refractivity contribution is 8.01. The average molecular weight is 398 g/mol. The lowest BCUT2D eigenvalue weighted by molar-refractivity contribution is -0.149. The number of para-hydroxylation sites is 1. The van der Waals surface area contributed by atoms with Gasteiger partial charge in [0, 0.05) is 10.9 Å². The Labute approximate surface area is 155 Å². The Balaban J connectivity index is 1.44. The van der Waals surface area contributed by atoms with Gasteiger partial charge in [-0.05, 0) is 18.6 Å². The molecule has 2 atom stereocenters. The van der Waals surface area contributed by atoms with Gasteiger partial charge < -0.3 is 15.4 Å². The van der Waals surface area contributed by atoms with E-state index in [-0.39, 0.29) is 23.8 Å². The molecule has 0 saturated carbocycles. The maximum atomic E-state index is 12.0. The van der Waals surface area contributed by atoms with Crippen molar-refractivity contribution in [3.8, 4) is 0 Å². The summed E-state index contributed by atoms with van der Waals surface area (Å²) in [5.41, 5.74) is 0.706. The fraction of sp³-hybridized carbons (Fsp3) is 0.438. The highest BCUT2D eigenvalue weighted by Gasteiger charge is 2.31. The van der Waals surface area contributed by atoms with Crippen LogP contribution in [0.2, 0.25) is 0 Å². The second kappa shape index (κ2) is 7.67. The van der Waals surface area contributed by atoms with E-state index < -0.39 is 39.6 Å². The lowest BCUT2D eigenvalue weighted by Crippen LogP contribution is -2.38. The molecule has 0 radical (unpaired) electrons. The van der Waals surface area contributed by atoms with Crippen LogP contribution in [0, 0.1) is 0 Å². The Morgan fingerprint density at radius 2 is 2.08 bits per heavy atom. The first-order valence-corrected chi connectivity index (χ1v) is 10.7. The lowest BCUT2D eigenvalue weighted by atomic mass is 10.2. The third-order valence-corrected chi connectivity index (χ3v) is 7.06. The van der Waals surface area contributed by atoms with Crippen molar-refractivity contribution in [2.75, 3.05) is 23.4 Å². The number of fused-ring (bicyclic) bond motifs is 1. The molecule has 2 N–H and O–H groups in total. The van der Waals surface area contributed by atoms with E-state index in [1.54, 1.807) is 6.07 Å². The minimum Gasteiger partial charge on any atom is -0.456 e. The average Bonchev–Trinajstić information content (AvgIpc) is 2.92. The molecule has 1 saturated heterocycles. The smallest absolute Gasteiger partial charge is 0.307 e. The number of carbonyl (C=O) groups is 3. The summed E-state index contributed by atoms with van der Waals surface area (Å²) in [5.74, 6) is -1.54. The van der Waals surface area contributed by atoms with Crippen molar-refractivity contribution >= 4 is 45.1 Å². The number of benzene rings is 1. The molecule has 2 aliphatic rings. The van der Waals surface area contributed by atoms with Crippen LogP contribution in [-0.4, -0.2) is 55.6 Å². The minimum absolute atomic E-state index is 0.0488. The van der Waals surface area contributed by atoms with Crippen molar-refractivity contribution in [1.29, 1.82) is 0 Å². The molecule has 0 spiro atoms. The molecule has 0 unspecified atom stereocenters. The second-order valence-electron chi connectivity index (χ2n) is 6.12. The molecular weight excluding hydrogens is 380 g/mol. The SMILES string of the molecule is O=C(COC(=O)C[C@H]1Sc2ccccc2NC1=O)N[C@H]1CCS(=O)(=O)C1. The largest absolute Gasteiger partial charge is 0.456 e. The van der Waals surface area contributed by atoms with E-state index in [1.807, 2.05) is 18.2 Å². The van der Waals surface area contributed by atoms with Gasteiger partial charge in [-0.25, -0.2) is 8.42 Å². The molecule has 2 aliphatic heterocycles. The van der Waals surface area contributed by atoms with Crippen molar-refractivity contribution in [1.82, 2.24) is 5.32 Å². The van der Waals surface area contributed by atoms with E-state index >= 15 is 0 Å². The quantitative estimate of drug-likeness (QED) is 0.686. The number of nitrogens with one attached hydrogen (secondary N) is 2. The van der Waals surface area contributed by atoms with Gasteiger partial charge in [0.1, 0.15) is 0 Å². The van der Waals surface area contributed by atoms with Crippen LogP contribution in [0.25, 0.3) is 0 Å². The predicted molar refractivity (Wildman–Crippen MR) is 95.5 cm³/mol. The van der Waals surface area contributed by atoms with Crippen LogP contribution < -0.4 is 10.6 Å². The van der Waals surface area contributed by atoms with Crippen LogP contribution >= 0.6 is 11.8 Å². The van der Waals surface area contributed by atoms with Gasteiger partial charge in [0.25, 0.3) is 5.91 Å². The van der Waals surface area contributed by atoms with E-state index in [4.69, 9.17) is 4.74 Å². The van der Waals surface area contributed by atoms with Crippen LogP contribution in [0.3, 0.4) is 0 Å². The van der Waals surface area contributed by atoms with Crippen LogP contribution in [0.5, 0.6) is 0 Å². The monoisotopic (exact) mass is 398 g/mol. The Morgan fingerprint density at radius 1 is 1.31 bits per heavy atom. The summed E-state index contributed by atoms with van der Waals surface area (Å²) < 4.78 is 27.6. The number of rotatable bonds is 5. The number of carbonyl (C=O) groups excluding carboxylic acids is 3. The molecule has 2 amide bonds. The van der Waals surface area contributed by atoms with Crippen molar-refractivity contribution < 1.29 is 27.5 Å². The van der Waals surface area contributed by atoms with Crippen LogP contribution in [-0.2, 0) is 29.0 Å². The van der Waals surface area contributed by atoms with Crippen molar-refractivity contribution in [3.63, 3.8) is 0 Å². The van der Waals surface area contributed by atoms with Gasteiger partial charge in [-0.3, -0.25) is 14.4 Å². The number of hydrogen-bond acceptors (Lipinski definition) is 7. The molecule has 2 heterocycles. The first-order valence-electron chi connectivity index (χ1n) is 8.04. The van der Waals surface area contributed by atoms with E-state index in [9.17, 15) is 22.8 Å². The minimum atomic E-state index is -3.09. The van der Waals surface area contributed by atoms with E-state index in [0.717, 1.165) is 4.90 Å². The number of esters is 1. The standard InChI is InChI=1S/C16H18N2O6S2/c19-14(17-10-5-6-26(22,23)9-10)8-24-15(20)7-13-16(21)18-11-3-1-2-4-12(11)25-13/h1-4,10,13H,5-9H2,(H,17,19)(H,18,21)/t10-,13+/m0/s1. The van der Waals surface area contributed by atoms with Crippen LogP contribution in [0.4, 0.5) is 5.69 Å². The third-order valence-electron chi connectivity index (χ3n) is 4.02. The highest BCUT2D eigenvalue weighted by atomic mass is 32.2. The Hall–Kier alpha value is -2.07. The van der Waals surface area contributed by atoms with E-state index in [2.05, 4.69) is 10.6 Å². The van der Waals surface area contributed by atoms with Gasteiger partial charge in [0.15, 0.2) is 16.4 Å². The summed E-state index contributed by atoms with van der Waals surface area (Å²) >= 11 is 1.27. The van der Waals surface area contributed by atoms with Crippen molar-refractivity contribution in [2.45, 2.75) is 29.0 Å². The zero-order chi connectivity index (χ0) is 18.7. The Kier molecular flexibility index (Phi) is 5.52. The molecule has 1 aromatic rings. The van der Waals surface area contributed by atoms with E-state index in [0.29, 0.717) is 12.1 Å². The number of amides is 2. The first kappa shape index (κ1) is 18.7. The summed E-state index contributed by atoms with van der Waals surface area (Å²) in [4.78, 5) is 36.6. The first-order chi connectivity index (χ1) is 12.3. The van der Waals surface area contributed by atoms with Gasteiger partial charge in [0.2, 0.25) is 5.91 Å². The Morgan fingerprint density at radius 3 is 2.81 bits per heavy atom. The third kappa shape index (κ3) is 4.76. The number of hydrogen-bond donors (Lipinski definition) is 2.